The fourth-order valence-corrected chi connectivity index (χ4v) is 4.44. The third-order valence-electron chi connectivity index (χ3n) is 5.11. The molecule has 148 valence electrons. The zero-order valence-electron chi connectivity index (χ0n) is 15.7. The smallest absolute Gasteiger partial charge is 0.178 e. The predicted octanol–water partition coefficient (Wildman–Crippen LogP) is 6.49. The Kier molecular flexibility index (Phi) is 4.95. The summed E-state index contributed by atoms with van der Waals surface area (Å²) in [5.74, 6) is 0. The van der Waals surface area contributed by atoms with Crippen molar-refractivity contribution in [1.29, 1.82) is 0 Å². The van der Waals surface area contributed by atoms with Gasteiger partial charge in [0.1, 0.15) is 6.04 Å². The maximum Gasteiger partial charge on any atom is 0.178 e. The summed E-state index contributed by atoms with van der Waals surface area (Å²) in [5, 5.41) is 4.86. The van der Waals surface area contributed by atoms with Gasteiger partial charge in [0.25, 0.3) is 0 Å². The Morgan fingerprint density at radius 2 is 1.77 bits per heavy atom. The molecule has 0 spiro atoms. The zero-order valence-corrected chi connectivity index (χ0v) is 18.0. The number of nitrogens with one attached hydrogen (secondary N) is 1. The molecular weight excluding hydrogens is 435 g/mol. The molecule has 0 saturated carbocycles. The van der Waals surface area contributed by atoms with E-state index in [-0.39, 0.29) is 6.04 Å². The number of fused-ring (bicyclic) bond motifs is 3. The lowest BCUT2D eigenvalue weighted by atomic mass is 10.00. The van der Waals surface area contributed by atoms with Gasteiger partial charge in [-0.05, 0) is 66.3 Å². The topological polar surface area (TPSA) is 33.1 Å². The van der Waals surface area contributed by atoms with Gasteiger partial charge in [-0.2, -0.15) is 0 Å². The van der Waals surface area contributed by atoms with Crippen LogP contribution >= 0.6 is 35.4 Å². The number of hydrogen-bond acceptors (Lipinski definition) is 2. The fourth-order valence-electron chi connectivity index (χ4n) is 3.82. The highest BCUT2D eigenvalue weighted by Crippen LogP contribution is 2.42. The van der Waals surface area contributed by atoms with E-state index in [4.69, 9.17) is 35.4 Å². The van der Waals surface area contributed by atoms with Crippen LogP contribution in [0.4, 0.5) is 11.4 Å². The van der Waals surface area contributed by atoms with Gasteiger partial charge >= 0.3 is 0 Å². The van der Waals surface area contributed by atoms with Gasteiger partial charge in [0.15, 0.2) is 5.11 Å². The van der Waals surface area contributed by atoms with Crippen LogP contribution in [-0.4, -0.2) is 14.7 Å². The standard InChI is InChI=1S/C23H16Cl2N4S/c24-17-10-9-16(13-18(17)25)27-23(30)29-20-7-2-1-6-19(20)28-12-4-8-21(28)22(29)15-5-3-11-26-14-15/h1-14,22H,(H,27,30)/t22-/m1/s1. The van der Waals surface area contributed by atoms with Crippen molar-refractivity contribution < 1.29 is 0 Å². The van der Waals surface area contributed by atoms with Crippen LogP contribution in [-0.2, 0) is 0 Å². The van der Waals surface area contributed by atoms with E-state index in [0.717, 1.165) is 28.3 Å². The van der Waals surface area contributed by atoms with Crippen LogP contribution in [0.25, 0.3) is 5.69 Å². The number of rotatable bonds is 2. The zero-order chi connectivity index (χ0) is 20.7. The number of thiocarbonyl (C=S) groups is 1. The number of aromatic nitrogens is 2. The molecule has 0 saturated heterocycles. The second kappa shape index (κ2) is 7.76. The van der Waals surface area contributed by atoms with Gasteiger partial charge in [0, 0.05) is 24.3 Å². The number of nitrogens with zero attached hydrogens (tertiary/aromatic N) is 3. The first-order chi connectivity index (χ1) is 14.6. The molecule has 1 aliphatic rings. The number of anilines is 2. The number of para-hydroxylation sites is 2. The van der Waals surface area contributed by atoms with E-state index in [1.807, 2.05) is 30.5 Å². The van der Waals surface area contributed by atoms with Crippen LogP contribution in [0.15, 0.2) is 85.3 Å². The van der Waals surface area contributed by atoms with E-state index in [9.17, 15) is 0 Å². The van der Waals surface area contributed by atoms with Crippen LogP contribution in [0.5, 0.6) is 0 Å². The van der Waals surface area contributed by atoms with Crippen LogP contribution in [0, 0.1) is 0 Å². The Morgan fingerprint density at radius 1 is 0.933 bits per heavy atom. The van der Waals surface area contributed by atoms with Gasteiger partial charge < -0.3 is 14.8 Å². The molecule has 2 aromatic carbocycles. The van der Waals surface area contributed by atoms with Gasteiger partial charge in [-0.3, -0.25) is 4.98 Å². The summed E-state index contributed by atoms with van der Waals surface area (Å²) in [6.07, 6.45) is 5.73. The molecule has 30 heavy (non-hydrogen) atoms. The molecule has 1 N–H and O–H groups in total. The minimum absolute atomic E-state index is 0.133. The lowest BCUT2D eigenvalue weighted by Gasteiger charge is -2.40. The largest absolute Gasteiger partial charge is 0.332 e. The highest BCUT2D eigenvalue weighted by molar-refractivity contribution is 7.80. The molecule has 0 amide bonds. The molecule has 0 bridgehead atoms. The molecule has 4 aromatic rings. The van der Waals surface area contributed by atoms with Gasteiger partial charge in [0.2, 0.25) is 0 Å². The SMILES string of the molecule is S=C(Nc1ccc(Cl)c(Cl)c1)N1c2ccccc2-n2cccc2[C@H]1c1cccnc1. The van der Waals surface area contributed by atoms with Crippen molar-refractivity contribution in [2.24, 2.45) is 0 Å². The number of halogens is 2. The Balaban J connectivity index is 1.63. The van der Waals surface area contributed by atoms with Crippen LogP contribution < -0.4 is 10.2 Å². The number of pyridine rings is 1. The monoisotopic (exact) mass is 450 g/mol. The highest BCUT2D eigenvalue weighted by atomic mass is 35.5. The lowest BCUT2D eigenvalue weighted by molar-refractivity contribution is 0.743. The minimum Gasteiger partial charge on any atom is -0.332 e. The first-order valence-corrected chi connectivity index (χ1v) is 10.5. The molecule has 1 aliphatic heterocycles. The first kappa shape index (κ1) is 19.1. The molecule has 0 fully saturated rings. The van der Waals surface area contributed by atoms with Crippen molar-refractivity contribution >= 4 is 51.9 Å². The van der Waals surface area contributed by atoms with Gasteiger partial charge in [-0.25, -0.2) is 0 Å². The predicted molar refractivity (Wildman–Crippen MR) is 127 cm³/mol. The van der Waals surface area contributed by atoms with Crippen molar-refractivity contribution in [3.63, 3.8) is 0 Å². The van der Waals surface area contributed by atoms with Gasteiger partial charge in [-0.15, -0.1) is 0 Å². The third kappa shape index (κ3) is 3.25. The molecule has 2 aromatic heterocycles. The molecule has 7 heteroatoms. The van der Waals surface area contributed by atoms with Crippen molar-refractivity contribution in [2.45, 2.75) is 6.04 Å². The van der Waals surface area contributed by atoms with Crippen LogP contribution in [0.1, 0.15) is 17.3 Å². The number of benzene rings is 2. The average Bonchev–Trinajstić information content (AvgIpc) is 3.26. The van der Waals surface area contributed by atoms with Crippen molar-refractivity contribution in [3.8, 4) is 5.69 Å². The van der Waals surface area contributed by atoms with E-state index in [1.54, 1.807) is 18.3 Å². The van der Waals surface area contributed by atoms with E-state index < -0.39 is 0 Å². The maximum atomic E-state index is 6.20. The summed E-state index contributed by atoms with van der Waals surface area (Å²) >= 11 is 18.2. The summed E-state index contributed by atoms with van der Waals surface area (Å²) in [4.78, 5) is 6.47. The Morgan fingerprint density at radius 3 is 2.53 bits per heavy atom. The number of hydrogen-bond donors (Lipinski definition) is 1. The van der Waals surface area contributed by atoms with Crippen molar-refractivity contribution in [1.82, 2.24) is 9.55 Å². The van der Waals surface area contributed by atoms with E-state index in [0.29, 0.717) is 15.2 Å². The van der Waals surface area contributed by atoms with Crippen molar-refractivity contribution in [3.05, 3.63) is 107 Å². The minimum atomic E-state index is -0.133. The fraction of sp³-hybridized carbons (Fsp3) is 0.0435. The van der Waals surface area contributed by atoms with E-state index in [1.165, 1.54) is 0 Å². The Labute approximate surface area is 189 Å². The van der Waals surface area contributed by atoms with Gasteiger partial charge in [0.05, 0.1) is 27.1 Å². The summed E-state index contributed by atoms with van der Waals surface area (Å²) in [5.41, 5.74) is 5.01. The molecule has 0 radical (unpaired) electrons. The quantitative estimate of drug-likeness (QED) is 0.354. The summed E-state index contributed by atoms with van der Waals surface area (Å²) < 4.78 is 2.20. The molecule has 0 aliphatic carbocycles. The van der Waals surface area contributed by atoms with E-state index in [2.05, 4.69) is 56.3 Å². The maximum absolute atomic E-state index is 6.20. The molecule has 0 unspecified atom stereocenters. The summed E-state index contributed by atoms with van der Waals surface area (Å²) in [7, 11) is 0. The molecule has 4 nitrogen and oxygen atoms in total. The Hall–Kier alpha value is -2.86. The van der Waals surface area contributed by atoms with Gasteiger partial charge in [-0.1, -0.05) is 41.4 Å². The summed E-state index contributed by atoms with van der Waals surface area (Å²) in [6, 6.07) is 21.6. The van der Waals surface area contributed by atoms with Crippen LogP contribution in [0.2, 0.25) is 10.0 Å². The van der Waals surface area contributed by atoms with Crippen molar-refractivity contribution in [2.75, 3.05) is 10.2 Å². The lowest BCUT2D eigenvalue weighted by Crippen LogP contribution is -2.42. The second-order valence-corrected chi connectivity index (χ2v) is 8.11. The molecule has 1 atom stereocenters. The third-order valence-corrected chi connectivity index (χ3v) is 6.15. The Bertz CT molecular complexity index is 1240. The van der Waals surface area contributed by atoms with Crippen LogP contribution in [0.3, 0.4) is 0 Å². The van der Waals surface area contributed by atoms with E-state index >= 15 is 0 Å². The second-order valence-electron chi connectivity index (χ2n) is 6.91. The first-order valence-electron chi connectivity index (χ1n) is 9.35. The average molecular weight is 451 g/mol. The molecule has 3 heterocycles. The normalized spacial score (nSPS) is 14.7. The highest BCUT2D eigenvalue weighted by Gasteiger charge is 2.34. The molecular formula is C23H16Cl2N4S. The molecule has 5 rings (SSSR count). The summed E-state index contributed by atoms with van der Waals surface area (Å²) in [6.45, 7) is 0.